The predicted molar refractivity (Wildman–Crippen MR) is 126 cm³/mol. The number of nitrogens with zero attached hydrogens (tertiary/aromatic N) is 2. The van der Waals surface area contributed by atoms with Gasteiger partial charge in [0.2, 0.25) is 15.9 Å². The van der Waals surface area contributed by atoms with Crippen LogP contribution in [0, 0.1) is 11.8 Å². The van der Waals surface area contributed by atoms with E-state index < -0.39 is 10.0 Å². The van der Waals surface area contributed by atoms with E-state index in [4.69, 9.17) is 0 Å². The molecule has 172 valence electrons. The summed E-state index contributed by atoms with van der Waals surface area (Å²) in [7, 11) is -1.91. The number of piperidine rings is 1. The maximum Gasteiger partial charge on any atom is 0.242 e. The molecular formula is C25H33N3O3S. The first-order valence-electron chi connectivity index (χ1n) is 11.4. The van der Waals surface area contributed by atoms with E-state index in [0.29, 0.717) is 17.4 Å². The first kappa shape index (κ1) is 23.0. The van der Waals surface area contributed by atoms with Gasteiger partial charge in [-0.05, 0) is 49.5 Å². The Labute approximate surface area is 191 Å². The van der Waals surface area contributed by atoms with Crippen molar-refractivity contribution in [3.8, 4) is 0 Å². The Hall–Kier alpha value is -2.22. The highest BCUT2D eigenvalue weighted by Gasteiger charge is 2.40. The van der Waals surface area contributed by atoms with E-state index in [2.05, 4.69) is 29.3 Å². The van der Waals surface area contributed by atoms with Crippen LogP contribution in [0.25, 0.3) is 0 Å². The zero-order valence-corrected chi connectivity index (χ0v) is 19.7. The van der Waals surface area contributed by atoms with Crippen molar-refractivity contribution in [3.63, 3.8) is 0 Å². The highest BCUT2D eigenvalue weighted by Crippen LogP contribution is 2.33. The Morgan fingerprint density at radius 3 is 2.44 bits per heavy atom. The minimum Gasteiger partial charge on any atom is -0.356 e. The molecule has 0 radical (unpaired) electrons. The van der Waals surface area contributed by atoms with Gasteiger partial charge in [-0.1, -0.05) is 55.5 Å². The average Bonchev–Trinajstić information content (AvgIpc) is 3.19. The van der Waals surface area contributed by atoms with Gasteiger partial charge in [0.1, 0.15) is 0 Å². The maximum absolute atomic E-state index is 13.2. The minimum absolute atomic E-state index is 0.0906. The monoisotopic (exact) mass is 455 g/mol. The van der Waals surface area contributed by atoms with Crippen molar-refractivity contribution in [2.24, 2.45) is 11.8 Å². The topological polar surface area (TPSA) is 69.7 Å². The minimum atomic E-state index is -3.58. The summed E-state index contributed by atoms with van der Waals surface area (Å²) in [4.78, 5) is 14.8. The van der Waals surface area contributed by atoms with Crippen molar-refractivity contribution in [1.82, 2.24) is 14.5 Å². The Morgan fingerprint density at radius 2 is 1.75 bits per heavy atom. The molecule has 2 fully saturated rings. The van der Waals surface area contributed by atoms with Crippen molar-refractivity contribution >= 4 is 15.9 Å². The van der Waals surface area contributed by atoms with E-state index in [1.54, 1.807) is 31.3 Å². The molecule has 32 heavy (non-hydrogen) atoms. The van der Waals surface area contributed by atoms with Gasteiger partial charge >= 0.3 is 0 Å². The normalized spacial score (nSPS) is 23.5. The lowest BCUT2D eigenvalue weighted by molar-refractivity contribution is -0.124. The van der Waals surface area contributed by atoms with Crippen LogP contribution in [-0.2, 0) is 20.2 Å². The number of sulfonamides is 1. The van der Waals surface area contributed by atoms with Gasteiger partial charge in [-0.2, -0.15) is 0 Å². The van der Waals surface area contributed by atoms with Gasteiger partial charge in [0.05, 0.1) is 10.8 Å². The first-order chi connectivity index (χ1) is 15.3. The van der Waals surface area contributed by atoms with Gasteiger partial charge in [-0.15, -0.1) is 0 Å². The van der Waals surface area contributed by atoms with Crippen molar-refractivity contribution in [2.75, 3.05) is 39.8 Å². The second kappa shape index (κ2) is 9.33. The lowest BCUT2D eigenvalue weighted by Crippen LogP contribution is -2.45. The number of benzene rings is 2. The average molecular weight is 456 g/mol. The highest BCUT2D eigenvalue weighted by atomic mass is 32.2. The summed E-state index contributed by atoms with van der Waals surface area (Å²) >= 11 is 0. The standard InChI is InChI=1S/C25H33N3O3S/c1-25(21-9-5-3-6-10-21,19-27(2)32(30,31)22-11-7-4-8-12-22)14-16-28-15-13-20-17-26-24(29)23(20)18-28/h3-12,20,23H,13-19H2,1-2H3,(H,26,29). The van der Waals surface area contributed by atoms with E-state index in [1.807, 2.05) is 24.3 Å². The quantitative estimate of drug-likeness (QED) is 0.665. The van der Waals surface area contributed by atoms with Gasteiger partial charge in [0.25, 0.3) is 0 Å². The second-order valence-corrected chi connectivity index (χ2v) is 11.5. The van der Waals surface area contributed by atoms with E-state index >= 15 is 0 Å². The molecule has 6 nitrogen and oxygen atoms in total. The molecule has 1 amide bonds. The molecule has 3 unspecified atom stereocenters. The van der Waals surface area contributed by atoms with Gasteiger partial charge in [-0.25, -0.2) is 12.7 Å². The van der Waals surface area contributed by atoms with Crippen LogP contribution in [0.5, 0.6) is 0 Å². The summed E-state index contributed by atoms with van der Waals surface area (Å²) in [5, 5.41) is 3.00. The molecule has 0 saturated carbocycles. The number of hydrogen-bond donors (Lipinski definition) is 1. The summed E-state index contributed by atoms with van der Waals surface area (Å²) in [5.41, 5.74) is 0.774. The maximum atomic E-state index is 13.2. The molecule has 2 heterocycles. The summed E-state index contributed by atoms with van der Waals surface area (Å²) in [6, 6.07) is 18.8. The van der Waals surface area contributed by atoms with E-state index in [1.165, 1.54) is 4.31 Å². The van der Waals surface area contributed by atoms with Crippen molar-refractivity contribution in [2.45, 2.75) is 30.1 Å². The molecule has 1 N–H and O–H groups in total. The fourth-order valence-electron chi connectivity index (χ4n) is 5.08. The van der Waals surface area contributed by atoms with Crippen LogP contribution in [0.4, 0.5) is 0 Å². The van der Waals surface area contributed by atoms with E-state index in [0.717, 1.165) is 44.6 Å². The third kappa shape index (κ3) is 4.75. The number of nitrogens with one attached hydrogen (secondary N) is 1. The van der Waals surface area contributed by atoms with Gasteiger partial charge in [0, 0.05) is 32.1 Å². The molecule has 4 rings (SSSR count). The van der Waals surface area contributed by atoms with Crippen molar-refractivity contribution in [1.29, 1.82) is 0 Å². The summed E-state index contributed by atoms with van der Waals surface area (Å²) in [6.45, 7) is 5.95. The summed E-state index contributed by atoms with van der Waals surface area (Å²) in [5.74, 6) is 0.730. The second-order valence-electron chi connectivity index (χ2n) is 9.45. The molecule has 2 aromatic rings. The molecule has 0 aliphatic carbocycles. The van der Waals surface area contributed by atoms with E-state index in [-0.39, 0.29) is 17.2 Å². The Kier molecular flexibility index (Phi) is 6.70. The highest BCUT2D eigenvalue weighted by molar-refractivity contribution is 7.89. The Balaban J connectivity index is 1.51. The third-order valence-corrected chi connectivity index (χ3v) is 9.01. The number of amides is 1. The van der Waals surface area contributed by atoms with Crippen LogP contribution < -0.4 is 5.32 Å². The van der Waals surface area contributed by atoms with Gasteiger partial charge < -0.3 is 10.2 Å². The number of carbonyl (C=O) groups is 1. The molecule has 2 aliphatic rings. The third-order valence-electron chi connectivity index (χ3n) is 7.19. The number of hydrogen-bond acceptors (Lipinski definition) is 4. The predicted octanol–water partition coefficient (Wildman–Crippen LogP) is 2.72. The first-order valence-corrected chi connectivity index (χ1v) is 12.8. The zero-order chi connectivity index (χ0) is 22.8. The van der Waals surface area contributed by atoms with Gasteiger partial charge in [0.15, 0.2) is 0 Å². The van der Waals surface area contributed by atoms with Crippen LogP contribution in [0.1, 0.15) is 25.3 Å². The largest absolute Gasteiger partial charge is 0.356 e. The zero-order valence-electron chi connectivity index (χ0n) is 18.9. The number of carbonyl (C=O) groups excluding carboxylic acids is 1. The van der Waals surface area contributed by atoms with Crippen LogP contribution in [0.2, 0.25) is 0 Å². The molecule has 0 aromatic heterocycles. The molecule has 0 spiro atoms. The number of likely N-dealkylation sites (tertiary alicyclic amines) is 1. The SMILES string of the molecule is CN(CC(C)(CCN1CCC2CNC(=O)C2C1)c1ccccc1)S(=O)(=O)c1ccccc1. The molecule has 2 aromatic carbocycles. The van der Waals surface area contributed by atoms with Crippen LogP contribution >= 0.6 is 0 Å². The Morgan fingerprint density at radius 1 is 1.09 bits per heavy atom. The lowest BCUT2D eigenvalue weighted by Gasteiger charge is -2.38. The molecule has 2 aliphatic heterocycles. The number of fused-ring (bicyclic) bond motifs is 1. The van der Waals surface area contributed by atoms with Crippen LogP contribution in [-0.4, -0.2) is 63.3 Å². The fraction of sp³-hybridized carbons (Fsp3) is 0.480. The van der Waals surface area contributed by atoms with E-state index in [9.17, 15) is 13.2 Å². The smallest absolute Gasteiger partial charge is 0.242 e. The van der Waals surface area contributed by atoms with Gasteiger partial charge in [-0.3, -0.25) is 4.79 Å². The molecular weight excluding hydrogens is 422 g/mol. The molecule has 2 saturated heterocycles. The van der Waals surface area contributed by atoms with Crippen LogP contribution in [0.3, 0.4) is 0 Å². The molecule has 0 bridgehead atoms. The van der Waals surface area contributed by atoms with Crippen LogP contribution in [0.15, 0.2) is 65.6 Å². The summed E-state index contributed by atoms with van der Waals surface area (Å²) in [6.07, 6.45) is 1.85. The van der Waals surface area contributed by atoms with Crippen molar-refractivity contribution in [3.05, 3.63) is 66.2 Å². The molecule has 3 atom stereocenters. The number of rotatable bonds is 8. The lowest BCUT2D eigenvalue weighted by atomic mass is 9.78. The fourth-order valence-corrected chi connectivity index (χ4v) is 6.40. The molecule has 7 heteroatoms. The number of likely N-dealkylation sites (N-methyl/N-ethyl adjacent to an activating group) is 1. The van der Waals surface area contributed by atoms with Crippen molar-refractivity contribution < 1.29 is 13.2 Å². The summed E-state index contributed by atoms with van der Waals surface area (Å²) < 4.78 is 27.8. The Bertz CT molecular complexity index is 1030.